The molecule has 1 aliphatic heterocycles. The minimum absolute atomic E-state index is 0.104. The molecule has 2 aromatic carbocycles. The van der Waals surface area contributed by atoms with Crippen LogP contribution in [0.25, 0.3) is 0 Å². The third-order valence-corrected chi connectivity index (χ3v) is 6.65. The van der Waals surface area contributed by atoms with Crippen LogP contribution in [0.2, 0.25) is 0 Å². The van der Waals surface area contributed by atoms with Crippen LogP contribution in [0.3, 0.4) is 0 Å². The predicted molar refractivity (Wildman–Crippen MR) is 110 cm³/mol. The molecule has 0 atom stereocenters. The molecule has 1 N–H and O–H groups in total. The van der Waals surface area contributed by atoms with Gasteiger partial charge in [-0.1, -0.05) is 19.1 Å². The summed E-state index contributed by atoms with van der Waals surface area (Å²) >= 11 is 0. The SMILES string of the molecule is CCNS(=O)(=O)c1ccc(C(=O)N2CCN(Cc3ccc(C(F)(F)F)cc3)CC2)cc1. The first-order valence-corrected chi connectivity index (χ1v) is 11.4. The molecule has 6 nitrogen and oxygen atoms in total. The fraction of sp³-hybridized carbons (Fsp3) is 0.381. The molecule has 0 aromatic heterocycles. The van der Waals surface area contributed by atoms with Crippen LogP contribution in [-0.4, -0.2) is 56.8 Å². The highest BCUT2D eigenvalue weighted by molar-refractivity contribution is 7.89. The summed E-state index contributed by atoms with van der Waals surface area (Å²) in [5, 5.41) is 0. The number of rotatable bonds is 6. The summed E-state index contributed by atoms with van der Waals surface area (Å²) in [6, 6.07) is 10.9. The van der Waals surface area contributed by atoms with E-state index in [9.17, 15) is 26.4 Å². The summed E-state index contributed by atoms with van der Waals surface area (Å²) in [5.74, 6) is -0.179. The average molecular weight is 456 g/mol. The van der Waals surface area contributed by atoms with Gasteiger partial charge < -0.3 is 4.90 Å². The van der Waals surface area contributed by atoms with Crippen molar-refractivity contribution in [3.63, 3.8) is 0 Å². The molecule has 0 bridgehead atoms. The lowest BCUT2D eigenvalue weighted by atomic mass is 10.1. The van der Waals surface area contributed by atoms with Gasteiger partial charge in [-0.2, -0.15) is 13.2 Å². The molecule has 0 aliphatic carbocycles. The fourth-order valence-electron chi connectivity index (χ4n) is 3.40. The summed E-state index contributed by atoms with van der Waals surface area (Å²) in [6.45, 7) is 4.64. The number of carbonyl (C=O) groups is 1. The van der Waals surface area contributed by atoms with Crippen molar-refractivity contribution in [2.45, 2.75) is 24.5 Å². The van der Waals surface area contributed by atoms with E-state index < -0.39 is 21.8 Å². The van der Waals surface area contributed by atoms with Gasteiger partial charge in [0.2, 0.25) is 10.0 Å². The highest BCUT2D eigenvalue weighted by Crippen LogP contribution is 2.29. The smallest absolute Gasteiger partial charge is 0.336 e. The highest BCUT2D eigenvalue weighted by Gasteiger charge is 2.30. The van der Waals surface area contributed by atoms with Crippen LogP contribution in [0.1, 0.15) is 28.4 Å². The van der Waals surface area contributed by atoms with E-state index in [-0.39, 0.29) is 17.3 Å². The van der Waals surface area contributed by atoms with E-state index in [1.54, 1.807) is 11.8 Å². The van der Waals surface area contributed by atoms with Gasteiger partial charge in [0.1, 0.15) is 0 Å². The summed E-state index contributed by atoms with van der Waals surface area (Å²) in [6.07, 6.45) is -4.35. The Hall–Kier alpha value is -2.43. The van der Waals surface area contributed by atoms with Gasteiger partial charge in [-0.25, -0.2) is 13.1 Å². The standard InChI is InChI=1S/C21H24F3N3O3S/c1-2-25-31(29,30)19-9-5-17(6-10-19)20(28)27-13-11-26(12-14-27)15-16-3-7-18(8-4-16)21(22,23)24/h3-10,25H,2,11-15H2,1H3. The number of benzene rings is 2. The first-order chi connectivity index (χ1) is 14.6. The summed E-state index contributed by atoms with van der Waals surface area (Å²) in [4.78, 5) is 16.6. The first-order valence-electron chi connectivity index (χ1n) is 9.87. The maximum Gasteiger partial charge on any atom is 0.416 e. The van der Waals surface area contributed by atoms with Gasteiger partial charge in [0.25, 0.3) is 5.91 Å². The van der Waals surface area contributed by atoms with E-state index in [1.165, 1.54) is 36.4 Å². The number of halogens is 3. The molecule has 1 saturated heterocycles. The quantitative estimate of drug-likeness (QED) is 0.727. The molecule has 1 aliphatic rings. The molecular formula is C21H24F3N3O3S. The largest absolute Gasteiger partial charge is 0.416 e. The van der Waals surface area contributed by atoms with Gasteiger partial charge in [-0.15, -0.1) is 0 Å². The molecule has 1 fully saturated rings. The maximum absolute atomic E-state index is 12.7. The van der Waals surface area contributed by atoms with Crippen LogP contribution >= 0.6 is 0 Å². The van der Waals surface area contributed by atoms with Gasteiger partial charge >= 0.3 is 6.18 Å². The van der Waals surface area contributed by atoms with Gasteiger partial charge in [0, 0.05) is 44.8 Å². The van der Waals surface area contributed by atoms with E-state index in [0.717, 1.165) is 17.7 Å². The van der Waals surface area contributed by atoms with Crippen molar-refractivity contribution in [1.82, 2.24) is 14.5 Å². The Morgan fingerprint density at radius 1 is 0.968 bits per heavy atom. The van der Waals surface area contributed by atoms with Crippen molar-refractivity contribution in [2.24, 2.45) is 0 Å². The monoisotopic (exact) mass is 455 g/mol. The molecule has 31 heavy (non-hydrogen) atoms. The van der Waals surface area contributed by atoms with Crippen molar-refractivity contribution < 1.29 is 26.4 Å². The Morgan fingerprint density at radius 2 is 1.55 bits per heavy atom. The van der Waals surface area contributed by atoms with Crippen molar-refractivity contribution in [3.8, 4) is 0 Å². The predicted octanol–water partition coefficient (Wildman–Crippen LogP) is 2.96. The van der Waals surface area contributed by atoms with E-state index in [1.807, 2.05) is 0 Å². The van der Waals surface area contributed by atoms with Gasteiger partial charge in [0.15, 0.2) is 0 Å². The number of hydrogen-bond acceptors (Lipinski definition) is 4. The number of nitrogens with zero attached hydrogens (tertiary/aromatic N) is 2. The van der Waals surface area contributed by atoms with Gasteiger partial charge in [-0.3, -0.25) is 9.69 Å². The number of piperazine rings is 1. The normalized spacial score (nSPS) is 15.8. The van der Waals surface area contributed by atoms with Crippen LogP contribution in [0, 0.1) is 0 Å². The zero-order valence-electron chi connectivity index (χ0n) is 17.0. The zero-order chi connectivity index (χ0) is 22.6. The number of hydrogen-bond donors (Lipinski definition) is 1. The Bertz CT molecular complexity index is 999. The number of alkyl halides is 3. The topological polar surface area (TPSA) is 69.7 Å². The molecule has 168 valence electrons. The minimum atomic E-state index is -4.35. The average Bonchev–Trinajstić information content (AvgIpc) is 2.74. The lowest BCUT2D eigenvalue weighted by Gasteiger charge is -2.34. The van der Waals surface area contributed by atoms with Gasteiger partial charge in [0.05, 0.1) is 10.5 Å². The molecule has 10 heteroatoms. The van der Waals surface area contributed by atoms with Crippen molar-refractivity contribution in [1.29, 1.82) is 0 Å². The van der Waals surface area contributed by atoms with Gasteiger partial charge in [-0.05, 0) is 42.0 Å². The summed E-state index contributed by atoms with van der Waals surface area (Å²) in [7, 11) is -3.57. The first kappa shape index (κ1) is 23.2. The van der Waals surface area contributed by atoms with Crippen LogP contribution in [0.4, 0.5) is 13.2 Å². The molecule has 3 rings (SSSR count). The fourth-order valence-corrected chi connectivity index (χ4v) is 4.44. The molecule has 0 spiro atoms. The third kappa shape index (κ3) is 5.84. The van der Waals surface area contributed by atoms with E-state index in [4.69, 9.17) is 0 Å². The molecule has 0 saturated carbocycles. The number of nitrogens with one attached hydrogen (secondary N) is 1. The Balaban J connectivity index is 1.55. The molecular weight excluding hydrogens is 431 g/mol. The van der Waals surface area contributed by atoms with Crippen molar-refractivity contribution >= 4 is 15.9 Å². The second-order valence-electron chi connectivity index (χ2n) is 7.29. The van der Waals surface area contributed by atoms with Crippen LogP contribution in [0.15, 0.2) is 53.4 Å². The molecule has 1 heterocycles. The van der Waals surface area contributed by atoms with E-state index >= 15 is 0 Å². The van der Waals surface area contributed by atoms with Crippen LogP contribution in [-0.2, 0) is 22.7 Å². The van der Waals surface area contributed by atoms with Crippen LogP contribution in [0.5, 0.6) is 0 Å². The zero-order valence-corrected chi connectivity index (χ0v) is 17.8. The second-order valence-corrected chi connectivity index (χ2v) is 9.06. The van der Waals surface area contributed by atoms with Crippen molar-refractivity contribution in [3.05, 3.63) is 65.2 Å². The van der Waals surface area contributed by atoms with E-state index in [0.29, 0.717) is 38.3 Å². The number of carbonyl (C=O) groups excluding carboxylic acids is 1. The molecule has 0 unspecified atom stereocenters. The number of amides is 1. The summed E-state index contributed by atoms with van der Waals surface area (Å²) < 4.78 is 64.4. The Morgan fingerprint density at radius 3 is 2.06 bits per heavy atom. The molecule has 0 radical (unpaired) electrons. The highest BCUT2D eigenvalue weighted by atomic mass is 32.2. The maximum atomic E-state index is 12.7. The Kier molecular flexibility index (Phi) is 7.03. The number of sulfonamides is 1. The van der Waals surface area contributed by atoms with Crippen molar-refractivity contribution in [2.75, 3.05) is 32.7 Å². The minimum Gasteiger partial charge on any atom is -0.336 e. The lowest BCUT2D eigenvalue weighted by Crippen LogP contribution is -2.48. The second kappa shape index (κ2) is 9.37. The molecule has 1 amide bonds. The van der Waals surface area contributed by atoms with Crippen LogP contribution < -0.4 is 4.72 Å². The van der Waals surface area contributed by atoms with E-state index in [2.05, 4.69) is 9.62 Å². The summed E-state index contributed by atoms with van der Waals surface area (Å²) in [5.41, 5.74) is 0.521. The third-order valence-electron chi connectivity index (χ3n) is 5.09. The molecule has 2 aromatic rings. The lowest BCUT2D eigenvalue weighted by molar-refractivity contribution is -0.137. The Labute approximate surface area is 179 Å².